The fraction of sp³-hybridized carbons (Fsp3) is 0.231. The lowest BCUT2D eigenvalue weighted by Crippen LogP contribution is -1.98. The summed E-state index contributed by atoms with van der Waals surface area (Å²) in [5.74, 6) is -0.692. The normalized spacial score (nSPS) is 10.8. The number of nitrogens with zero attached hydrogens (tertiary/aromatic N) is 3. The molecule has 0 N–H and O–H groups in total. The molecule has 2 aromatic rings. The zero-order chi connectivity index (χ0) is 15.7. The number of benzene rings is 1. The third-order valence-electron chi connectivity index (χ3n) is 2.90. The Labute approximate surface area is 123 Å². The van der Waals surface area contributed by atoms with Gasteiger partial charge in [0.2, 0.25) is 0 Å². The first kappa shape index (κ1) is 15.2. The molecule has 0 atom stereocenters. The summed E-state index contributed by atoms with van der Waals surface area (Å²) < 4.78 is 45.7. The minimum Gasteiger partial charge on any atom is -0.495 e. The highest BCUT2D eigenvalue weighted by Crippen LogP contribution is 2.37. The predicted molar refractivity (Wildman–Crippen MR) is 69.8 cm³/mol. The monoisotopic (exact) mass is 315 g/mol. The quantitative estimate of drug-likeness (QED) is 0.868. The van der Waals surface area contributed by atoms with Crippen molar-refractivity contribution in [2.45, 2.75) is 6.43 Å². The summed E-state index contributed by atoms with van der Waals surface area (Å²) in [6.45, 7) is 0. The van der Waals surface area contributed by atoms with Crippen molar-refractivity contribution < 1.29 is 17.9 Å². The number of hydrogen-bond donors (Lipinski definition) is 0. The van der Waals surface area contributed by atoms with E-state index in [0.29, 0.717) is 0 Å². The van der Waals surface area contributed by atoms with Crippen LogP contribution in [0.25, 0.3) is 11.3 Å². The van der Waals surface area contributed by atoms with E-state index in [1.165, 1.54) is 20.2 Å². The summed E-state index contributed by atoms with van der Waals surface area (Å²) in [5.41, 5.74) is -0.762. The SMILES string of the molecule is COc1cc(-c2nn(C)c(C(F)F)c2Cl)c(F)cc1C#N. The van der Waals surface area contributed by atoms with Crippen molar-refractivity contribution in [2.24, 2.45) is 7.05 Å². The summed E-state index contributed by atoms with van der Waals surface area (Å²) in [7, 11) is 2.60. The van der Waals surface area contributed by atoms with Gasteiger partial charge in [-0.1, -0.05) is 11.6 Å². The van der Waals surface area contributed by atoms with Gasteiger partial charge in [0.25, 0.3) is 6.43 Å². The van der Waals surface area contributed by atoms with Crippen LogP contribution in [0.4, 0.5) is 13.2 Å². The minimum atomic E-state index is -2.84. The molecule has 0 amide bonds. The van der Waals surface area contributed by atoms with E-state index in [9.17, 15) is 13.2 Å². The maximum absolute atomic E-state index is 14.1. The van der Waals surface area contributed by atoms with Gasteiger partial charge < -0.3 is 4.74 Å². The standard InChI is InChI=1S/C13H9ClF3N3O/c1-20-12(13(16)17)10(14)11(19-20)7-4-9(21-2)6(5-18)3-8(7)15/h3-4,13H,1-2H3. The van der Waals surface area contributed by atoms with Crippen molar-refractivity contribution in [2.75, 3.05) is 7.11 Å². The Morgan fingerprint density at radius 2 is 2.10 bits per heavy atom. The predicted octanol–water partition coefficient (Wildman–Crippen LogP) is 3.70. The van der Waals surface area contributed by atoms with E-state index in [-0.39, 0.29) is 27.6 Å². The van der Waals surface area contributed by atoms with Gasteiger partial charge in [0.1, 0.15) is 29.0 Å². The lowest BCUT2D eigenvalue weighted by atomic mass is 10.1. The Bertz CT molecular complexity index is 737. The van der Waals surface area contributed by atoms with Gasteiger partial charge in [-0.05, 0) is 12.1 Å². The lowest BCUT2D eigenvalue weighted by Gasteiger charge is -2.06. The third-order valence-corrected chi connectivity index (χ3v) is 3.28. The second-order valence-electron chi connectivity index (χ2n) is 4.12. The van der Waals surface area contributed by atoms with E-state index >= 15 is 0 Å². The fourth-order valence-corrected chi connectivity index (χ4v) is 2.26. The van der Waals surface area contributed by atoms with E-state index in [1.807, 2.05) is 0 Å². The Morgan fingerprint density at radius 3 is 2.57 bits per heavy atom. The topological polar surface area (TPSA) is 50.8 Å². The van der Waals surface area contributed by atoms with E-state index < -0.39 is 17.9 Å². The summed E-state index contributed by atoms with van der Waals surface area (Å²) in [6.07, 6.45) is -2.84. The Hall–Kier alpha value is -2.20. The summed E-state index contributed by atoms with van der Waals surface area (Å²) in [6, 6.07) is 3.92. The molecule has 0 saturated carbocycles. The highest BCUT2D eigenvalue weighted by Gasteiger charge is 2.25. The molecule has 8 heteroatoms. The molecule has 0 aliphatic carbocycles. The molecule has 0 unspecified atom stereocenters. The number of rotatable bonds is 3. The first-order valence-electron chi connectivity index (χ1n) is 5.69. The Balaban J connectivity index is 2.69. The molecule has 21 heavy (non-hydrogen) atoms. The van der Waals surface area contributed by atoms with E-state index in [0.717, 1.165) is 10.7 Å². The van der Waals surface area contributed by atoms with Gasteiger partial charge >= 0.3 is 0 Å². The van der Waals surface area contributed by atoms with Crippen LogP contribution in [0.1, 0.15) is 17.7 Å². The molecule has 1 aromatic carbocycles. The van der Waals surface area contributed by atoms with E-state index in [1.54, 1.807) is 6.07 Å². The van der Waals surface area contributed by atoms with Crippen LogP contribution in [0.2, 0.25) is 5.02 Å². The molecule has 0 aliphatic rings. The van der Waals surface area contributed by atoms with Gasteiger partial charge in [0, 0.05) is 12.6 Å². The lowest BCUT2D eigenvalue weighted by molar-refractivity contribution is 0.141. The molecule has 2 rings (SSSR count). The summed E-state index contributed by atoms with van der Waals surface area (Å²) in [5, 5.41) is 12.4. The number of hydrogen-bond acceptors (Lipinski definition) is 3. The van der Waals surface area contributed by atoms with Crippen molar-refractivity contribution in [3.63, 3.8) is 0 Å². The van der Waals surface area contributed by atoms with Crippen molar-refractivity contribution in [1.29, 1.82) is 5.26 Å². The van der Waals surface area contributed by atoms with Gasteiger partial charge in [0.15, 0.2) is 0 Å². The number of nitriles is 1. The van der Waals surface area contributed by atoms with Gasteiger partial charge in [-0.25, -0.2) is 13.2 Å². The highest BCUT2D eigenvalue weighted by atomic mass is 35.5. The number of aromatic nitrogens is 2. The second-order valence-corrected chi connectivity index (χ2v) is 4.49. The molecular formula is C13H9ClF3N3O. The summed E-state index contributed by atoms with van der Waals surface area (Å²) >= 11 is 5.86. The number of alkyl halides is 2. The maximum atomic E-state index is 14.1. The largest absolute Gasteiger partial charge is 0.495 e. The molecule has 1 heterocycles. The molecular weight excluding hydrogens is 307 g/mol. The van der Waals surface area contributed by atoms with Crippen LogP contribution < -0.4 is 4.74 Å². The molecule has 4 nitrogen and oxygen atoms in total. The van der Waals surface area contributed by atoms with Crippen molar-refractivity contribution in [1.82, 2.24) is 9.78 Å². The molecule has 0 radical (unpaired) electrons. The van der Waals surface area contributed by atoms with Crippen LogP contribution >= 0.6 is 11.6 Å². The first-order valence-corrected chi connectivity index (χ1v) is 6.07. The Kier molecular flexibility index (Phi) is 4.09. The van der Waals surface area contributed by atoms with Crippen LogP contribution in [-0.2, 0) is 7.05 Å². The maximum Gasteiger partial charge on any atom is 0.281 e. The van der Waals surface area contributed by atoms with E-state index in [2.05, 4.69) is 5.10 Å². The average molecular weight is 316 g/mol. The fourth-order valence-electron chi connectivity index (χ4n) is 1.91. The van der Waals surface area contributed by atoms with Crippen LogP contribution in [0, 0.1) is 17.1 Å². The van der Waals surface area contributed by atoms with Gasteiger partial charge in [0.05, 0.1) is 17.7 Å². The molecule has 0 spiro atoms. The van der Waals surface area contributed by atoms with Crippen molar-refractivity contribution >= 4 is 11.6 Å². The molecule has 0 aliphatic heterocycles. The molecule has 0 bridgehead atoms. The van der Waals surface area contributed by atoms with E-state index in [4.69, 9.17) is 21.6 Å². The number of ether oxygens (including phenoxy) is 1. The highest BCUT2D eigenvalue weighted by molar-refractivity contribution is 6.33. The molecule has 110 valence electrons. The van der Waals surface area contributed by atoms with Crippen LogP contribution in [0.3, 0.4) is 0 Å². The number of aryl methyl sites for hydroxylation is 1. The molecule has 0 fully saturated rings. The third kappa shape index (κ3) is 2.54. The molecule has 1 aromatic heterocycles. The van der Waals surface area contributed by atoms with Crippen LogP contribution in [0.15, 0.2) is 12.1 Å². The van der Waals surface area contributed by atoms with Crippen LogP contribution in [0.5, 0.6) is 5.75 Å². The Morgan fingerprint density at radius 1 is 1.43 bits per heavy atom. The first-order chi connectivity index (χ1) is 9.90. The average Bonchev–Trinajstić information content (AvgIpc) is 2.73. The van der Waals surface area contributed by atoms with Gasteiger partial charge in [-0.3, -0.25) is 4.68 Å². The van der Waals surface area contributed by atoms with Gasteiger partial charge in [-0.15, -0.1) is 0 Å². The second kappa shape index (κ2) is 5.66. The molecule has 0 saturated heterocycles. The summed E-state index contributed by atoms with van der Waals surface area (Å²) in [4.78, 5) is 0. The van der Waals surface area contributed by atoms with Gasteiger partial charge in [-0.2, -0.15) is 10.4 Å². The number of halogens is 4. The minimum absolute atomic E-state index is 0.0140. The number of methoxy groups -OCH3 is 1. The van der Waals surface area contributed by atoms with Crippen LogP contribution in [-0.4, -0.2) is 16.9 Å². The smallest absolute Gasteiger partial charge is 0.281 e. The zero-order valence-corrected chi connectivity index (χ0v) is 11.7. The zero-order valence-electron chi connectivity index (χ0n) is 11.0. The van der Waals surface area contributed by atoms with Crippen molar-refractivity contribution in [3.8, 4) is 23.1 Å². The van der Waals surface area contributed by atoms with Crippen molar-refractivity contribution in [3.05, 3.63) is 34.2 Å².